The van der Waals surface area contributed by atoms with Gasteiger partial charge in [0, 0.05) is 28.4 Å². The maximum atomic E-state index is 3.54. The summed E-state index contributed by atoms with van der Waals surface area (Å²) < 4.78 is 1.31. The van der Waals surface area contributed by atoms with Crippen molar-refractivity contribution in [2.24, 2.45) is 0 Å². The molecule has 0 amide bonds. The van der Waals surface area contributed by atoms with E-state index >= 15 is 0 Å². The second-order valence-electron chi connectivity index (χ2n) is 4.30. The topological polar surface area (TPSA) is 15.3 Å². The van der Waals surface area contributed by atoms with Crippen LogP contribution in [0.4, 0.5) is 5.69 Å². The van der Waals surface area contributed by atoms with Gasteiger partial charge in [-0.15, -0.1) is 0 Å². The van der Waals surface area contributed by atoms with Crippen LogP contribution in [0.2, 0.25) is 0 Å². The Morgan fingerprint density at radius 3 is 2.44 bits per heavy atom. The summed E-state index contributed by atoms with van der Waals surface area (Å²) in [5.74, 6) is 0. The molecule has 0 spiro atoms. The number of anilines is 1. The van der Waals surface area contributed by atoms with Gasteiger partial charge >= 0.3 is 0 Å². The third-order valence-corrected chi connectivity index (χ3v) is 3.90. The van der Waals surface area contributed by atoms with Crippen molar-refractivity contribution in [3.05, 3.63) is 27.8 Å². The first-order valence-electron chi connectivity index (χ1n) is 6.03. The van der Waals surface area contributed by atoms with Gasteiger partial charge in [0.1, 0.15) is 0 Å². The molecule has 0 bridgehead atoms. The SMILES string of the molecule is CCNC1CCN(c2ccc(I)cc2)CC1. The molecule has 1 aromatic rings. The van der Waals surface area contributed by atoms with Crippen LogP contribution >= 0.6 is 22.6 Å². The van der Waals surface area contributed by atoms with Crippen molar-refractivity contribution in [3.63, 3.8) is 0 Å². The highest BCUT2D eigenvalue weighted by Crippen LogP contribution is 2.20. The van der Waals surface area contributed by atoms with Gasteiger partial charge in [-0.3, -0.25) is 0 Å². The van der Waals surface area contributed by atoms with Gasteiger partial charge in [0.05, 0.1) is 0 Å². The van der Waals surface area contributed by atoms with Crippen molar-refractivity contribution in [1.29, 1.82) is 0 Å². The Bertz CT molecular complexity index is 315. The summed E-state index contributed by atoms with van der Waals surface area (Å²) in [6.45, 7) is 5.64. The van der Waals surface area contributed by atoms with Gasteiger partial charge in [0.2, 0.25) is 0 Å². The number of piperidine rings is 1. The van der Waals surface area contributed by atoms with Gasteiger partial charge in [-0.2, -0.15) is 0 Å². The molecule has 1 aliphatic rings. The van der Waals surface area contributed by atoms with Crippen LogP contribution in [0.25, 0.3) is 0 Å². The number of nitrogens with zero attached hydrogens (tertiary/aromatic N) is 1. The molecule has 1 heterocycles. The molecule has 0 saturated carbocycles. The van der Waals surface area contributed by atoms with Crippen molar-refractivity contribution in [2.75, 3.05) is 24.5 Å². The number of hydrogen-bond acceptors (Lipinski definition) is 2. The Labute approximate surface area is 112 Å². The van der Waals surface area contributed by atoms with Crippen LogP contribution in [0, 0.1) is 3.57 Å². The van der Waals surface area contributed by atoms with E-state index in [1.807, 2.05) is 0 Å². The fraction of sp³-hybridized carbons (Fsp3) is 0.538. The van der Waals surface area contributed by atoms with Crippen LogP contribution in [0.3, 0.4) is 0 Å². The molecule has 1 aromatic carbocycles. The van der Waals surface area contributed by atoms with Crippen molar-refractivity contribution in [2.45, 2.75) is 25.8 Å². The fourth-order valence-corrected chi connectivity index (χ4v) is 2.64. The normalized spacial score (nSPS) is 17.8. The summed E-state index contributed by atoms with van der Waals surface area (Å²) in [5, 5.41) is 3.54. The Kier molecular flexibility index (Phi) is 4.46. The molecular formula is C13H19IN2. The molecule has 16 heavy (non-hydrogen) atoms. The molecule has 3 heteroatoms. The largest absolute Gasteiger partial charge is 0.371 e. The van der Waals surface area contributed by atoms with E-state index in [0.29, 0.717) is 0 Å². The van der Waals surface area contributed by atoms with E-state index < -0.39 is 0 Å². The lowest BCUT2D eigenvalue weighted by molar-refractivity contribution is 0.424. The maximum absolute atomic E-state index is 3.54. The van der Waals surface area contributed by atoms with Crippen LogP contribution in [-0.2, 0) is 0 Å². The van der Waals surface area contributed by atoms with Crippen molar-refractivity contribution in [1.82, 2.24) is 5.32 Å². The van der Waals surface area contributed by atoms with E-state index in [4.69, 9.17) is 0 Å². The summed E-state index contributed by atoms with van der Waals surface area (Å²) >= 11 is 2.35. The van der Waals surface area contributed by atoms with Gasteiger partial charge in [0.25, 0.3) is 0 Å². The van der Waals surface area contributed by atoms with Gasteiger partial charge in [-0.25, -0.2) is 0 Å². The molecule has 2 rings (SSSR count). The van der Waals surface area contributed by atoms with E-state index in [0.717, 1.165) is 12.6 Å². The van der Waals surface area contributed by atoms with E-state index in [-0.39, 0.29) is 0 Å². The molecule has 2 nitrogen and oxygen atoms in total. The van der Waals surface area contributed by atoms with Gasteiger partial charge in [-0.1, -0.05) is 6.92 Å². The molecule has 1 aliphatic heterocycles. The van der Waals surface area contributed by atoms with E-state index in [9.17, 15) is 0 Å². The third kappa shape index (κ3) is 3.10. The standard InChI is InChI=1S/C13H19IN2/c1-2-15-12-7-9-16(10-8-12)13-5-3-11(14)4-6-13/h3-6,12,15H,2,7-10H2,1H3. The van der Waals surface area contributed by atoms with Crippen LogP contribution < -0.4 is 10.2 Å². The van der Waals surface area contributed by atoms with Crippen LogP contribution in [0.5, 0.6) is 0 Å². The predicted molar refractivity (Wildman–Crippen MR) is 78.1 cm³/mol. The highest BCUT2D eigenvalue weighted by molar-refractivity contribution is 14.1. The lowest BCUT2D eigenvalue weighted by atomic mass is 10.0. The first-order valence-corrected chi connectivity index (χ1v) is 7.11. The minimum absolute atomic E-state index is 0.727. The molecule has 1 saturated heterocycles. The summed E-state index contributed by atoms with van der Waals surface area (Å²) in [7, 11) is 0. The van der Waals surface area contributed by atoms with Crippen molar-refractivity contribution >= 4 is 28.3 Å². The molecule has 0 atom stereocenters. The minimum Gasteiger partial charge on any atom is -0.371 e. The van der Waals surface area contributed by atoms with Crippen molar-refractivity contribution < 1.29 is 0 Å². The van der Waals surface area contributed by atoms with Crippen LogP contribution in [0.1, 0.15) is 19.8 Å². The molecule has 1 fully saturated rings. The Balaban J connectivity index is 1.91. The molecule has 1 N–H and O–H groups in total. The molecule has 0 unspecified atom stereocenters. The highest BCUT2D eigenvalue weighted by Gasteiger charge is 2.18. The Hall–Kier alpha value is -0.290. The number of benzene rings is 1. The molecule has 0 radical (unpaired) electrons. The average molecular weight is 330 g/mol. The van der Waals surface area contributed by atoms with Crippen LogP contribution in [0.15, 0.2) is 24.3 Å². The first kappa shape index (κ1) is 12.2. The maximum Gasteiger partial charge on any atom is 0.0366 e. The zero-order valence-electron chi connectivity index (χ0n) is 9.75. The van der Waals surface area contributed by atoms with E-state index in [1.165, 1.54) is 35.2 Å². The second-order valence-corrected chi connectivity index (χ2v) is 5.54. The first-order chi connectivity index (χ1) is 7.79. The number of hydrogen-bond donors (Lipinski definition) is 1. The summed E-state index contributed by atoms with van der Waals surface area (Å²) in [6.07, 6.45) is 2.53. The summed E-state index contributed by atoms with van der Waals surface area (Å²) in [5.41, 5.74) is 1.37. The van der Waals surface area contributed by atoms with Crippen LogP contribution in [-0.4, -0.2) is 25.7 Å². The predicted octanol–water partition coefficient (Wildman–Crippen LogP) is 2.87. The monoisotopic (exact) mass is 330 g/mol. The molecule has 0 aliphatic carbocycles. The highest BCUT2D eigenvalue weighted by atomic mass is 127. The Morgan fingerprint density at radius 2 is 1.88 bits per heavy atom. The van der Waals surface area contributed by atoms with Gasteiger partial charge in [-0.05, 0) is 66.2 Å². The minimum atomic E-state index is 0.727. The zero-order chi connectivity index (χ0) is 11.4. The molecular weight excluding hydrogens is 311 g/mol. The number of rotatable bonds is 3. The van der Waals surface area contributed by atoms with E-state index in [2.05, 4.69) is 64.0 Å². The lowest BCUT2D eigenvalue weighted by Crippen LogP contribution is -2.42. The Morgan fingerprint density at radius 1 is 1.25 bits per heavy atom. The molecule has 0 aromatic heterocycles. The molecule has 88 valence electrons. The van der Waals surface area contributed by atoms with Crippen molar-refractivity contribution in [3.8, 4) is 0 Å². The van der Waals surface area contributed by atoms with Gasteiger partial charge in [0.15, 0.2) is 0 Å². The smallest absolute Gasteiger partial charge is 0.0366 e. The third-order valence-electron chi connectivity index (χ3n) is 3.18. The number of nitrogens with one attached hydrogen (secondary N) is 1. The zero-order valence-corrected chi connectivity index (χ0v) is 11.9. The summed E-state index contributed by atoms with van der Waals surface area (Å²) in [6, 6.07) is 9.56. The lowest BCUT2D eigenvalue weighted by Gasteiger charge is -2.34. The fourth-order valence-electron chi connectivity index (χ4n) is 2.28. The number of halogens is 1. The second kappa shape index (κ2) is 5.87. The summed E-state index contributed by atoms with van der Waals surface area (Å²) in [4.78, 5) is 2.49. The average Bonchev–Trinajstić information content (AvgIpc) is 2.32. The van der Waals surface area contributed by atoms with E-state index in [1.54, 1.807) is 0 Å². The van der Waals surface area contributed by atoms with Gasteiger partial charge < -0.3 is 10.2 Å². The quantitative estimate of drug-likeness (QED) is 0.858.